The van der Waals surface area contributed by atoms with Gasteiger partial charge in [-0.25, -0.2) is 0 Å². The van der Waals surface area contributed by atoms with E-state index in [-0.39, 0.29) is 28.7 Å². The van der Waals surface area contributed by atoms with Crippen LogP contribution in [-0.2, 0) is 4.79 Å². The molecule has 0 saturated heterocycles. The summed E-state index contributed by atoms with van der Waals surface area (Å²) in [7, 11) is 0. The molecule has 0 atom stereocenters. The van der Waals surface area contributed by atoms with Gasteiger partial charge in [-0.15, -0.1) is 0 Å². The predicted molar refractivity (Wildman–Crippen MR) is 80.7 cm³/mol. The van der Waals surface area contributed by atoms with Crippen molar-refractivity contribution < 1.29 is 19.1 Å². The van der Waals surface area contributed by atoms with Crippen LogP contribution in [0.5, 0.6) is 5.75 Å². The van der Waals surface area contributed by atoms with E-state index in [1.54, 1.807) is 24.3 Å². The van der Waals surface area contributed by atoms with Crippen molar-refractivity contribution in [2.24, 2.45) is 0 Å². The Bertz CT molecular complexity index is 800. The molecule has 0 bridgehead atoms. The average molecular weight is 316 g/mol. The van der Waals surface area contributed by atoms with Crippen molar-refractivity contribution in [2.75, 3.05) is 11.9 Å². The molecule has 1 N–H and O–H groups in total. The number of carbonyl (C=O) groups is 3. The highest BCUT2D eigenvalue weighted by molar-refractivity contribution is 6.52. The van der Waals surface area contributed by atoms with Gasteiger partial charge in [0.2, 0.25) is 11.6 Å². The average Bonchev–Trinajstić information content (AvgIpc) is 2.53. The maximum absolute atomic E-state index is 12.3. The highest BCUT2D eigenvalue weighted by atomic mass is 35.5. The van der Waals surface area contributed by atoms with Crippen LogP contribution in [-0.4, -0.2) is 24.1 Å². The van der Waals surface area contributed by atoms with Crippen molar-refractivity contribution in [1.82, 2.24) is 0 Å². The lowest BCUT2D eigenvalue weighted by atomic mass is 10.0. The Morgan fingerprint density at radius 3 is 2.64 bits per heavy atom. The van der Waals surface area contributed by atoms with E-state index < -0.39 is 11.6 Å². The molecule has 0 saturated carbocycles. The second-order valence-corrected chi connectivity index (χ2v) is 5.09. The zero-order chi connectivity index (χ0) is 15.7. The van der Waals surface area contributed by atoms with Crippen molar-refractivity contribution in [1.29, 1.82) is 0 Å². The van der Waals surface area contributed by atoms with Gasteiger partial charge in [0.1, 0.15) is 5.75 Å². The molecule has 0 unspecified atom stereocenters. The topological polar surface area (TPSA) is 72.5 Å². The minimum absolute atomic E-state index is 0.0706. The third-order valence-corrected chi connectivity index (χ3v) is 3.53. The summed E-state index contributed by atoms with van der Waals surface area (Å²) in [4.78, 5) is 35.9. The van der Waals surface area contributed by atoms with Gasteiger partial charge in [-0.05, 0) is 30.3 Å². The molecular formula is C16H10ClNO4. The van der Waals surface area contributed by atoms with E-state index in [0.29, 0.717) is 11.4 Å². The molecule has 1 heterocycles. The molecule has 0 fully saturated rings. The third-order valence-electron chi connectivity index (χ3n) is 3.20. The number of hydrogen-bond donors (Lipinski definition) is 1. The van der Waals surface area contributed by atoms with Gasteiger partial charge in [0.15, 0.2) is 6.61 Å². The van der Waals surface area contributed by atoms with E-state index in [9.17, 15) is 14.4 Å². The van der Waals surface area contributed by atoms with Crippen molar-refractivity contribution in [3.63, 3.8) is 0 Å². The van der Waals surface area contributed by atoms with E-state index in [1.165, 1.54) is 18.2 Å². The van der Waals surface area contributed by atoms with E-state index in [2.05, 4.69) is 5.32 Å². The van der Waals surface area contributed by atoms with Crippen LogP contribution >= 0.6 is 11.6 Å². The number of anilines is 1. The van der Waals surface area contributed by atoms with Gasteiger partial charge in [-0.2, -0.15) is 0 Å². The molecule has 6 heteroatoms. The Morgan fingerprint density at radius 1 is 1.09 bits per heavy atom. The normalized spacial score (nSPS) is 12.9. The Kier molecular flexibility index (Phi) is 3.65. The SMILES string of the molecule is O=C1COc2ccc(C(=O)C(=O)c3ccccc3Cl)cc2N1. The first-order chi connectivity index (χ1) is 10.6. The summed E-state index contributed by atoms with van der Waals surface area (Å²) in [5, 5.41) is 2.81. The van der Waals surface area contributed by atoms with Crippen LogP contribution in [0.15, 0.2) is 42.5 Å². The number of hydrogen-bond acceptors (Lipinski definition) is 4. The number of amides is 1. The third kappa shape index (κ3) is 2.58. The molecule has 110 valence electrons. The molecular weight excluding hydrogens is 306 g/mol. The van der Waals surface area contributed by atoms with Gasteiger partial charge in [-0.1, -0.05) is 23.7 Å². The maximum Gasteiger partial charge on any atom is 0.262 e. The van der Waals surface area contributed by atoms with Crippen molar-refractivity contribution in [2.45, 2.75) is 0 Å². The summed E-state index contributed by atoms with van der Waals surface area (Å²) in [6.07, 6.45) is 0. The summed E-state index contributed by atoms with van der Waals surface area (Å²) < 4.78 is 5.21. The maximum atomic E-state index is 12.3. The van der Waals surface area contributed by atoms with Crippen LogP contribution in [0.25, 0.3) is 0 Å². The van der Waals surface area contributed by atoms with Crippen LogP contribution in [0.1, 0.15) is 20.7 Å². The highest BCUT2D eigenvalue weighted by Gasteiger charge is 2.23. The molecule has 2 aromatic carbocycles. The number of ketones is 2. The second kappa shape index (κ2) is 5.61. The number of halogens is 1. The number of nitrogens with one attached hydrogen (secondary N) is 1. The second-order valence-electron chi connectivity index (χ2n) is 4.69. The molecule has 0 radical (unpaired) electrons. The summed E-state index contributed by atoms with van der Waals surface area (Å²) in [5.41, 5.74) is 0.677. The Labute approximate surface area is 130 Å². The van der Waals surface area contributed by atoms with Crippen LogP contribution < -0.4 is 10.1 Å². The predicted octanol–water partition coefficient (Wildman–Crippen LogP) is 2.74. The Morgan fingerprint density at radius 2 is 1.86 bits per heavy atom. The number of benzene rings is 2. The minimum atomic E-state index is -0.700. The van der Waals surface area contributed by atoms with E-state index in [0.717, 1.165) is 0 Å². The van der Waals surface area contributed by atoms with Gasteiger partial charge >= 0.3 is 0 Å². The fourth-order valence-electron chi connectivity index (χ4n) is 2.12. The van der Waals surface area contributed by atoms with Gasteiger partial charge in [0.25, 0.3) is 5.91 Å². The van der Waals surface area contributed by atoms with Crippen LogP contribution in [0.4, 0.5) is 5.69 Å². The van der Waals surface area contributed by atoms with Gasteiger partial charge in [-0.3, -0.25) is 14.4 Å². The number of carbonyl (C=O) groups excluding carboxylic acids is 3. The monoisotopic (exact) mass is 315 g/mol. The molecule has 0 aliphatic carbocycles. The zero-order valence-corrected chi connectivity index (χ0v) is 12.0. The number of fused-ring (bicyclic) bond motifs is 1. The number of rotatable bonds is 3. The van der Waals surface area contributed by atoms with Gasteiger partial charge in [0.05, 0.1) is 10.7 Å². The molecule has 0 aromatic heterocycles. The van der Waals surface area contributed by atoms with Crippen molar-refractivity contribution >= 4 is 34.8 Å². The summed E-state index contributed by atoms with van der Waals surface area (Å²) in [6.45, 7) is -0.0706. The first-order valence-corrected chi connectivity index (χ1v) is 6.84. The largest absolute Gasteiger partial charge is 0.482 e. The first-order valence-electron chi connectivity index (χ1n) is 6.46. The molecule has 3 rings (SSSR count). The number of ether oxygens (including phenoxy) is 1. The van der Waals surface area contributed by atoms with E-state index in [1.807, 2.05) is 0 Å². The fraction of sp³-hybridized carbons (Fsp3) is 0.0625. The fourth-order valence-corrected chi connectivity index (χ4v) is 2.34. The van der Waals surface area contributed by atoms with E-state index in [4.69, 9.17) is 16.3 Å². The number of Topliss-reactive ketones (excluding diaryl/α,β-unsaturated/α-hetero) is 2. The van der Waals surface area contributed by atoms with Crippen LogP contribution in [0.2, 0.25) is 5.02 Å². The molecule has 5 nitrogen and oxygen atoms in total. The summed E-state index contributed by atoms with van der Waals surface area (Å²) in [6, 6.07) is 10.8. The van der Waals surface area contributed by atoms with Gasteiger partial charge in [0, 0.05) is 11.1 Å². The lowest BCUT2D eigenvalue weighted by Gasteiger charge is -2.18. The Balaban J connectivity index is 1.93. The standard InChI is InChI=1S/C16H10ClNO4/c17-11-4-2-1-3-10(11)16(21)15(20)9-5-6-13-12(7-9)18-14(19)8-22-13/h1-7H,8H2,(H,18,19). The van der Waals surface area contributed by atoms with Crippen molar-refractivity contribution in [3.8, 4) is 5.75 Å². The first kappa shape index (κ1) is 14.3. The molecule has 1 aliphatic rings. The summed E-state index contributed by atoms with van der Waals surface area (Å²) in [5.74, 6) is -1.25. The smallest absolute Gasteiger partial charge is 0.262 e. The van der Waals surface area contributed by atoms with Gasteiger partial charge < -0.3 is 10.1 Å². The molecule has 22 heavy (non-hydrogen) atoms. The molecule has 2 aromatic rings. The minimum Gasteiger partial charge on any atom is -0.482 e. The molecule has 0 spiro atoms. The van der Waals surface area contributed by atoms with Crippen LogP contribution in [0, 0.1) is 0 Å². The lowest BCUT2D eigenvalue weighted by Crippen LogP contribution is -2.25. The molecule has 1 aliphatic heterocycles. The van der Waals surface area contributed by atoms with Crippen molar-refractivity contribution in [3.05, 3.63) is 58.6 Å². The van der Waals surface area contributed by atoms with Crippen LogP contribution in [0.3, 0.4) is 0 Å². The molecule has 1 amide bonds. The quantitative estimate of drug-likeness (QED) is 0.698. The highest BCUT2D eigenvalue weighted by Crippen LogP contribution is 2.29. The lowest BCUT2D eigenvalue weighted by molar-refractivity contribution is -0.118. The summed E-state index contributed by atoms with van der Waals surface area (Å²) >= 11 is 5.94. The Hall–Kier alpha value is -2.66. The zero-order valence-electron chi connectivity index (χ0n) is 11.3. The van der Waals surface area contributed by atoms with E-state index >= 15 is 0 Å².